The standard InChI is InChI=1S/C11H12N6/c1-8-3-9(5-12)4-10(15-8)13-6-11-16-14-7-17(11)2/h3-4,7H,6H2,1-2H3,(H,13,15). The number of pyridine rings is 1. The van der Waals surface area contributed by atoms with Crippen LogP contribution in [0.5, 0.6) is 0 Å². The molecule has 6 heteroatoms. The number of nitriles is 1. The van der Waals surface area contributed by atoms with E-state index in [0.29, 0.717) is 17.9 Å². The molecule has 2 aromatic heterocycles. The molecule has 0 saturated heterocycles. The minimum atomic E-state index is 0.526. The van der Waals surface area contributed by atoms with Gasteiger partial charge < -0.3 is 9.88 Å². The van der Waals surface area contributed by atoms with E-state index in [9.17, 15) is 0 Å². The fourth-order valence-corrected chi connectivity index (χ4v) is 1.46. The second-order valence-corrected chi connectivity index (χ2v) is 3.71. The minimum absolute atomic E-state index is 0.526. The largest absolute Gasteiger partial charge is 0.363 e. The second-order valence-electron chi connectivity index (χ2n) is 3.71. The number of nitrogens with one attached hydrogen (secondary N) is 1. The van der Waals surface area contributed by atoms with Crippen LogP contribution in [0.3, 0.4) is 0 Å². The molecule has 0 aromatic carbocycles. The van der Waals surface area contributed by atoms with Gasteiger partial charge in [0.05, 0.1) is 18.2 Å². The zero-order valence-corrected chi connectivity index (χ0v) is 9.68. The van der Waals surface area contributed by atoms with E-state index in [2.05, 4.69) is 26.6 Å². The molecule has 17 heavy (non-hydrogen) atoms. The Morgan fingerprint density at radius 2 is 2.29 bits per heavy atom. The van der Waals surface area contributed by atoms with Gasteiger partial charge in [0.25, 0.3) is 0 Å². The first-order valence-electron chi connectivity index (χ1n) is 5.14. The first kappa shape index (κ1) is 11.1. The van der Waals surface area contributed by atoms with E-state index in [-0.39, 0.29) is 0 Å². The topological polar surface area (TPSA) is 79.4 Å². The van der Waals surface area contributed by atoms with Gasteiger partial charge in [-0.3, -0.25) is 0 Å². The van der Waals surface area contributed by atoms with Crippen LogP contribution in [0.4, 0.5) is 5.82 Å². The average Bonchev–Trinajstić information content (AvgIpc) is 2.71. The third-order valence-electron chi connectivity index (χ3n) is 2.32. The molecular formula is C11H12N6. The van der Waals surface area contributed by atoms with Crippen molar-refractivity contribution in [3.8, 4) is 6.07 Å². The predicted octanol–water partition coefficient (Wildman–Crippen LogP) is 1.00. The second kappa shape index (κ2) is 4.61. The predicted molar refractivity (Wildman–Crippen MR) is 62.0 cm³/mol. The van der Waals surface area contributed by atoms with Crippen LogP contribution in [-0.4, -0.2) is 19.7 Å². The fourth-order valence-electron chi connectivity index (χ4n) is 1.46. The van der Waals surface area contributed by atoms with Crippen LogP contribution < -0.4 is 5.32 Å². The van der Waals surface area contributed by atoms with Crippen molar-refractivity contribution >= 4 is 5.82 Å². The summed E-state index contributed by atoms with van der Waals surface area (Å²) in [5.41, 5.74) is 1.41. The monoisotopic (exact) mass is 228 g/mol. The summed E-state index contributed by atoms with van der Waals surface area (Å²) < 4.78 is 1.83. The van der Waals surface area contributed by atoms with Gasteiger partial charge in [-0.1, -0.05) is 0 Å². The number of aryl methyl sites for hydroxylation is 2. The van der Waals surface area contributed by atoms with Crippen LogP contribution in [0, 0.1) is 18.3 Å². The SMILES string of the molecule is Cc1cc(C#N)cc(NCc2nncn2C)n1. The van der Waals surface area contributed by atoms with E-state index in [0.717, 1.165) is 11.5 Å². The summed E-state index contributed by atoms with van der Waals surface area (Å²) in [5, 5.41) is 19.7. The zero-order valence-electron chi connectivity index (χ0n) is 9.68. The molecule has 0 aliphatic rings. The highest BCUT2D eigenvalue weighted by Crippen LogP contribution is 2.10. The Morgan fingerprint density at radius 3 is 2.94 bits per heavy atom. The summed E-state index contributed by atoms with van der Waals surface area (Å²) in [7, 11) is 1.88. The van der Waals surface area contributed by atoms with Gasteiger partial charge in [-0.25, -0.2) is 4.98 Å². The van der Waals surface area contributed by atoms with Gasteiger partial charge in [-0.05, 0) is 19.1 Å². The van der Waals surface area contributed by atoms with Crippen LogP contribution in [0.25, 0.3) is 0 Å². The number of nitrogens with zero attached hydrogens (tertiary/aromatic N) is 5. The van der Waals surface area contributed by atoms with Crippen LogP contribution in [0.2, 0.25) is 0 Å². The van der Waals surface area contributed by atoms with Gasteiger partial charge in [0.15, 0.2) is 5.82 Å². The Morgan fingerprint density at radius 1 is 1.47 bits per heavy atom. The lowest BCUT2D eigenvalue weighted by Crippen LogP contribution is -2.07. The summed E-state index contributed by atoms with van der Waals surface area (Å²) >= 11 is 0. The van der Waals surface area contributed by atoms with Crippen LogP contribution in [0.15, 0.2) is 18.5 Å². The van der Waals surface area contributed by atoms with Gasteiger partial charge in [0.1, 0.15) is 12.1 Å². The van der Waals surface area contributed by atoms with E-state index in [1.54, 1.807) is 18.5 Å². The van der Waals surface area contributed by atoms with Crippen LogP contribution in [-0.2, 0) is 13.6 Å². The van der Waals surface area contributed by atoms with Gasteiger partial charge in [-0.2, -0.15) is 5.26 Å². The Kier molecular flexibility index (Phi) is 3.01. The molecule has 1 N–H and O–H groups in total. The lowest BCUT2D eigenvalue weighted by Gasteiger charge is -2.06. The molecule has 0 unspecified atom stereocenters. The van der Waals surface area contributed by atoms with Crippen LogP contribution in [0.1, 0.15) is 17.1 Å². The highest BCUT2D eigenvalue weighted by Gasteiger charge is 2.02. The Balaban J connectivity index is 2.12. The van der Waals surface area contributed by atoms with E-state index < -0.39 is 0 Å². The smallest absolute Gasteiger partial charge is 0.151 e. The van der Waals surface area contributed by atoms with Crippen molar-refractivity contribution in [2.24, 2.45) is 7.05 Å². The van der Waals surface area contributed by atoms with Crippen molar-refractivity contribution in [2.45, 2.75) is 13.5 Å². The zero-order chi connectivity index (χ0) is 12.3. The van der Waals surface area contributed by atoms with Gasteiger partial charge in [0.2, 0.25) is 0 Å². The molecule has 2 heterocycles. The van der Waals surface area contributed by atoms with Gasteiger partial charge >= 0.3 is 0 Å². The summed E-state index contributed by atoms with van der Waals surface area (Å²) in [5.74, 6) is 1.48. The van der Waals surface area contributed by atoms with Crippen molar-refractivity contribution in [1.82, 2.24) is 19.7 Å². The molecule has 0 fully saturated rings. The van der Waals surface area contributed by atoms with Crippen LogP contribution >= 0.6 is 0 Å². The third-order valence-corrected chi connectivity index (χ3v) is 2.32. The number of anilines is 1. The molecular weight excluding hydrogens is 216 g/mol. The number of rotatable bonds is 3. The van der Waals surface area contributed by atoms with Crippen molar-refractivity contribution in [3.63, 3.8) is 0 Å². The Labute approximate surface area is 98.9 Å². The maximum Gasteiger partial charge on any atom is 0.151 e. The summed E-state index contributed by atoms with van der Waals surface area (Å²) in [6.07, 6.45) is 1.64. The van der Waals surface area contributed by atoms with Crippen molar-refractivity contribution in [1.29, 1.82) is 5.26 Å². The molecule has 0 bridgehead atoms. The molecule has 86 valence electrons. The highest BCUT2D eigenvalue weighted by atomic mass is 15.3. The van der Waals surface area contributed by atoms with E-state index in [4.69, 9.17) is 5.26 Å². The summed E-state index contributed by atoms with van der Waals surface area (Å²) in [6.45, 7) is 2.38. The number of hydrogen-bond acceptors (Lipinski definition) is 5. The molecule has 2 rings (SSSR count). The molecule has 0 atom stereocenters. The molecule has 0 saturated carbocycles. The molecule has 0 spiro atoms. The third kappa shape index (κ3) is 2.58. The molecule has 0 aliphatic heterocycles. The molecule has 0 radical (unpaired) electrons. The molecule has 0 amide bonds. The minimum Gasteiger partial charge on any atom is -0.363 e. The first-order chi connectivity index (χ1) is 8.19. The number of hydrogen-bond donors (Lipinski definition) is 1. The fraction of sp³-hybridized carbons (Fsp3) is 0.273. The van der Waals surface area contributed by atoms with E-state index in [1.165, 1.54) is 0 Å². The van der Waals surface area contributed by atoms with Crippen molar-refractivity contribution in [2.75, 3.05) is 5.32 Å². The Hall–Kier alpha value is -2.42. The molecule has 0 aliphatic carbocycles. The van der Waals surface area contributed by atoms with Crippen molar-refractivity contribution < 1.29 is 0 Å². The molecule has 6 nitrogen and oxygen atoms in total. The quantitative estimate of drug-likeness (QED) is 0.847. The lowest BCUT2D eigenvalue weighted by molar-refractivity contribution is 0.810. The van der Waals surface area contributed by atoms with E-state index >= 15 is 0 Å². The summed E-state index contributed by atoms with van der Waals surface area (Å²) in [4.78, 5) is 4.29. The van der Waals surface area contributed by atoms with Gasteiger partial charge in [0, 0.05) is 12.7 Å². The summed E-state index contributed by atoms with van der Waals surface area (Å²) in [6, 6.07) is 5.55. The lowest BCUT2D eigenvalue weighted by atomic mass is 10.2. The number of aromatic nitrogens is 4. The maximum absolute atomic E-state index is 8.85. The molecule has 2 aromatic rings. The average molecular weight is 228 g/mol. The first-order valence-corrected chi connectivity index (χ1v) is 5.14. The van der Waals surface area contributed by atoms with Crippen molar-refractivity contribution in [3.05, 3.63) is 35.5 Å². The van der Waals surface area contributed by atoms with E-state index in [1.807, 2.05) is 18.5 Å². The maximum atomic E-state index is 8.85. The normalized spacial score (nSPS) is 9.94. The van der Waals surface area contributed by atoms with Gasteiger partial charge in [-0.15, -0.1) is 10.2 Å². The highest BCUT2D eigenvalue weighted by molar-refractivity contribution is 5.44. The Bertz CT molecular complexity index is 566.